The van der Waals surface area contributed by atoms with Crippen LogP contribution in [0.3, 0.4) is 0 Å². The van der Waals surface area contributed by atoms with Crippen molar-refractivity contribution in [2.75, 3.05) is 19.0 Å². The monoisotopic (exact) mass is 770 g/mol. The van der Waals surface area contributed by atoms with Gasteiger partial charge in [-0.1, -0.05) is 91.5 Å². The van der Waals surface area contributed by atoms with Crippen molar-refractivity contribution in [3.8, 4) is 11.1 Å². The highest BCUT2D eigenvalue weighted by atomic mass is 32.2. The van der Waals surface area contributed by atoms with E-state index in [4.69, 9.17) is 9.47 Å². The van der Waals surface area contributed by atoms with Crippen LogP contribution < -0.4 is 10.0 Å². The fraction of sp³-hybridized carbons (Fsp3) is 0.184. The van der Waals surface area contributed by atoms with Gasteiger partial charge < -0.3 is 24.9 Å². The second kappa shape index (κ2) is 16.4. The molecule has 1 heterocycles. The molecule has 0 spiro atoms. The van der Waals surface area contributed by atoms with Crippen LogP contribution in [0.1, 0.15) is 22.6 Å². The molecule has 4 aromatic carbocycles. The van der Waals surface area contributed by atoms with Crippen LogP contribution in [0.15, 0.2) is 120 Å². The fourth-order valence-electron chi connectivity index (χ4n) is 6.33. The number of ether oxygens (including phenoxy) is 2. The summed E-state index contributed by atoms with van der Waals surface area (Å²) in [6.45, 7) is 3.26. The van der Waals surface area contributed by atoms with Crippen molar-refractivity contribution < 1.29 is 42.3 Å². The lowest BCUT2D eigenvalue weighted by Crippen LogP contribution is -2.43. The minimum atomic E-state index is -4.64. The lowest BCUT2D eigenvalue weighted by molar-refractivity contribution is -0.387. The number of hydrogen-bond donors (Lipinski definition) is 4. The van der Waals surface area contributed by atoms with Gasteiger partial charge in [-0.15, -0.1) is 11.8 Å². The average molecular weight is 771 g/mol. The van der Waals surface area contributed by atoms with Gasteiger partial charge in [0.15, 0.2) is 4.90 Å². The van der Waals surface area contributed by atoms with E-state index in [-0.39, 0.29) is 31.3 Å². The number of aliphatic carboxylic acids is 1. The maximum absolute atomic E-state index is 13.5. The van der Waals surface area contributed by atoms with E-state index >= 15 is 0 Å². The first-order valence-electron chi connectivity index (χ1n) is 16.6. The Morgan fingerprint density at radius 2 is 1.56 bits per heavy atom. The number of para-hydroxylation sites is 2. The molecule has 1 aliphatic rings. The molecule has 278 valence electrons. The maximum atomic E-state index is 13.5. The highest BCUT2D eigenvalue weighted by Gasteiger charge is 2.34. The molecule has 0 aliphatic heterocycles. The van der Waals surface area contributed by atoms with Gasteiger partial charge in [0.25, 0.3) is 5.69 Å². The largest absolute Gasteiger partial charge is 0.480 e. The summed E-state index contributed by atoms with van der Waals surface area (Å²) < 4.78 is 40.0. The van der Waals surface area contributed by atoms with Crippen LogP contribution >= 0.6 is 11.8 Å². The van der Waals surface area contributed by atoms with Crippen molar-refractivity contribution in [1.29, 1.82) is 0 Å². The summed E-state index contributed by atoms with van der Waals surface area (Å²) in [4.78, 5) is 52.0. The van der Waals surface area contributed by atoms with Gasteiger partial charge in [0, 0.05) is 35.1 Å². The van der Waals surface area contributed by atoms with Gasteiger partial charge in [-0.05, 0) is 39.9 Å². The van der Waals surface area contributed by atoms with E-state index in [1.165, 1.54) is 18.2 Å². The SMILES string of the molecule is C=CCOC(=O)[C@H](Cc1c(SC[C@H](NC(=O)OCC2c3ccccc3-c3ccccc32)C(=O)O)[nH]c2ccccc12)NS(=O)(=O)c1ccccc1[N+](=O)[O-]. The molecule has 0 unspecified atom stereocenters. The number of benzene rings is 4. The van der Waals surface area contributed by atoms with Crippen molar-refractivity contribution in [2.24, 2.45) is 0 Å². The number of nitrogens with one attached hydrogen (secondary N) is 3. The van der Waals surface area contributed by atoms with Crippen molar-refractivity contribution in [3.63, 3.8) is 0 Å². The number of hydrogen-bond acceptors (Lipinski definition) is 10. The smallest absolute Gasteiger partial charge is 0.407 e. The summed E-state index contributed by atoms with van der Waals surface area (Å²) in [5.41, 5.74) is 4.44. The third-order valence-corrected chi connectivity index (χ3v) is 11.4. The normalized spacial score (nSPS) is 13.3. The molecule has 5 aromatic rings. The minimum absolute atomic E-state index is 0.0170. The van der Waals surface area contributed by atoms with Crippen LogP contribution in [0.2, 0.25) is 0 Å². The molecule has 0 bridgehead atoms. The van der Waals surface area contributed by atoms with E-state index in [1.807, 2.05) is 48.5 Å². The Hall–Kier alpha value is -5.97. The molecule has 1 aliphatic carbocycles. The number of carboxylic acids is 1. The van der Waals surface area contributed by atoms with Crippen LogP contribution in [-0.4, -0.2) is 72.5 Å². The molecular weight excluding hydrogens is 737 g/mol. The van der Waals surface area contributed by atoms with E-state index in [9.17, 15) is 38.0 Å². The molecular formula is C38H34N4O10S2. The number of nitrogens with zero attached hydrogens (tertiary/aromatic N) is 1. The van der Waals surface area contributed by atoms with Gasteiger partial charge in [0.05, 0.1) is 9.95 Å². The molecule has 4 N–H and O–H groups in total. The number of esters is 1. The summed E-state index contributed by atoms with van der Waals surface area (Å²) in [5.74, 6) is -2.71. The summed E-state index contributed by atoms with van der Waals surface area (Å²) in [6, 6.07) is 24.3. The highest BCUT2D eigenvalue weighted by molar-refractivity contribution is 7.99. The Morgan fingerprint density at radius 3 is 2.22 bits per heavy atom. The van der Waals surface area contributed by atoms with Crippen molar-refractivity contribution in [2.45, 2.75) is 34.3 Å². The number of fused-ring (bicyclic) bond motifs is 4. The van der Waals surface area contributed by atoms with Crippen LogP contribution in [0, 0.1) is 10.1 Å². The first-order valence-corrected chi connectivity index (χ1v) is 19.0. The minimum Gasteiger partial charge on any atom is -0.480 e. The molecule has 0 fully saturated rings. The summed E-state index contributed by atoms with van der Waals surface area (Å²) in [6.07, 6.45) is 0.0875. The first kappa shape index (κ1) is 37.8. The zero-order valence-electron chi connectivity index (χ0n) is 28.5. The van der Waals surface area contributed by atoms with Gasteiger partial charge in [-0.3, -0.25) is 14.9 Å². The number of nitro benzene ring substituents is 1. The zero-order chi connectivity index (χ0) is 38.4. The number of aromatic nitrogens is 1. The Kier molecular flexibility index (Phi) is 11.4. The molecule has 1 aromatic heterocycles. The third kappa shape index (κ3) is 8.15. The topological polar surface area (TPSA) is 207 Å². The van der Waals surface area contributed by atoms with Gasteiger partial charge in [-0.2, -0.15) is 4.72 Å². The third-order valence-electron chi connectivity index (χ3n) is 8.79. The Bertz CT molecular complexity index is 2320. The molecule has 6 rings (SSSR count). The van der Waals surface area contributed by atoms with Gasteiger partial charge in [-0.25, -0.2) is 18.0 Å². The van der Waals surface area contributed by atoms with E-state index < -0.39 is 55.6 Å². The summed E-state index contributed by atoms with van der Waals surface area (Å²) in [7, 11) is -4.64. The number of thioether (sulfide) groups is 1. The van der Waals surface area contributed by atoms with Crippen LogP contribution in [-0.2, 0) is 35.5 Å². The maximum Gasteiger partial charge on any atom is 0.407 e. The van der Waals surface area contributed by atoms with E-state index in [0.717, 1.165) is 46.1 Å². The number of nitro groups is 1. The summed E-state index contributed by atoms with van der Waals surface area (Å²) in [5, 5.41) is 25.1. The lowest BCUT2D eigenvalue weighted by Gasteiger charge is -2.19. The Morgan fingerprint density at radius 1 is 0.926 bits per heavy atom. The number of amides is 1. The Labute approximate surface area is 313 Å². The van der Waals surface area contributed by atoms with Crippen LogP contribution in [0.4, 0.5) is 10.5 Å². The molecule has 54 heavy (non-hydrogen) atoms. The summed E-state index contributed by atoms with van der Waals surface area (Å²) >= 11 is 1.03. The molecule has 0 saturated carbocycles. The number of alkyl carbamates (subject to hydrolysis) is 1. The van der Waals surface area contributed by atoms with Gasteiger partial charge in [0.2, 0.25) is 10.0 Å². The predicted molar refractivity (Wildman–Crippen MR) is 201 cm³/mol. The molecule has 2 atom stereocenters. The number of aromatic amines is 1. The van der Waals surface area contributed by atoms with Gasteiger partial charge >= 0.3 is 18.0 Å². The molecule has 1 amide bonds. The second-order valence-corrected chi connectivity index (χ2v) is 14.9. The lowest BCUT2D eigenvalue weighted by atomic mass is 9.98. The predicted octanol–water partition coefficient (Wildman–Crippen LogP) is 5.78. The number of carbonyl (C=O) groups is 3. The van der Waals surface area contributed by atoms with E-state index in [2.05, 4.69) is 21.6 Å². The van der Waals surface area contributed by atoms with Crippen molar-refractivity contribution >= 4 is 56.4 Å². The number of rotatable bonds is 16. The van der Waals surface area contributed by atoms with Crippen molar-refractivity contribution in [3.05, 3.63) is 137 Å². The number of H-pyrrole nitrogens is 1. The van der Waals surface area contributed by atoms with Gasteiger partial charge in [0.1, 0.15) is 25.3 Å². The molecule has 0 saturated heterocycles. The first-order chi connectivity index (χ1) is 26.0. The zero-order valence-corrected chi connectivity index (χ0v) is 30.1. The van der Waals surface area contributed by atoms with Crippen LogP contribution in [0.25, 0.3) is 22.0 Å². The number of carboxylic acid groups (broad SMARTS) is 1. The van der Waals surface area contributed by atoms with Crippen molar-refractivity contribution in [1.82, 2.24) is 15.0 Å². The number of sulfonamides is 1. The Balaban J connectivity index is 1.20. The highest BCUT2D eigenvalue weighted by Crippen LogP contribution is 2.44. The van der Waals surface area contributed by atoms with Crippen LogP contribution in [0.5, 0.6) is 0 Å². The molecule has 0 radical (unpaired) electrons. The molecule has 14 nitrogen and oxygen atoms in total. The number of carbonyl (C=O) groups excluding carboxylic acids is 2. The average Bonchev–Trinajstić information content (AvgIpc) is 3.68. The van der Waals surface area contributed by atoms with E-state index in [1.54, 1.807) is 24.3 Å². The van der Waals surface area contributed by atoms with E-state index in [0.29, 0.717) is 21.5 Å². The standard InChI is InChI=1S/C38H34N4O10S2/c1-2-19-51-37(45)31(41-54(49,50)34-18-10-9-17-33(34)42(47)48)20-28-27-15-7-8-16-30(27)39-35(28)53-22-32(36(43)44)40-38(46)52-21-29-25-13-5-3-11-23(25)24-12-4-6-14-26(24)29/h2-18,29,31-32,39,41H,1,19-22H2,(H,40,46)(H,43,44)/t31-,32-/m0/s1. The quantitative estimate of drug-likeness (QED) is 0.0311. The fourth-order valence-corrected chi connectivity index (χ4v) is 8.80. The second-order valence-electron chi connectivity index (χ2n) is 12.2. The molecule has 16 heteroatoms.